The number of hydrogen-bond donors (Lipinski definition) is 1. The summed E-state index contributed by atoms with van der Waals surface area (Å²) in [5.41, 5.74) is 9.71. The zero-order valence-electron chi connectivity index (χ0n) is 16.9. The molecule has 1 saturated heterocycles. The van der Waals surface area contributed by atoms with Crippen LogP contribution in [0.3, 0.4) is 0 Å². The number of aryl methyl sites for hydroxylation is 1. The molecule has 150 valence electrons. The third kappa shape index (κ3) is 4.40. The van der Waals surface area contributed by atoms with E-state index in [0.717, 1.165) is 60.4 Å². The molecule has 5 heteroatoms. The lowest BCUT2D eigenvalue weighted by Gasteiger charge is -2.33. The fraction of sp³-hybridized carbons (Fsp3) is 0.333. The molecule has 2 N–H and O–H groups in total. The van der Waals surface area contributed by atoms with Gasteiger partial charge in [-0.2, -0.15) is 0 Å². The number of likely N-dealkylation sites (tertiary alicyclic amines) is 1. The van der Waals surface area contributed by atoms with Crippen molar-refractivity contribution in [3.63, 3.8) is 0 Å². The molecule has 1 fully saturated rings. The molecule has 2 aromatic carbocycles. The highest BCUT2D eigenvalue weighted by Crippen LogP contribution is 2.25. The highest BCUT2D eigenvalue weighted by molar-refractivity contribution is 5.95. The molecule has 0 bridgehead atoms. The first kappa shape index (κ1) is 19.4. The van der Waals surface area contributed by atoms with Gasteiger partial charge >= 0.3 is 0 Å². The fourth-order valence-corrected chi connectivity index (χ4v) is 4.12. The lowest BCUT2D eigenvalue weighted by atomic mass is 9.93. The number of nitrogens with two attached hydrogens (primary N) is 1. The van der Waals surface area contributed by atoms with Crippen molar-refractivity contribution in [2.75, 3.05) is 13.1 Å². The standard InChI is InChI=1S/C24H28N4O/c1-27-13-11-26-23(27)14-19-4-3-12-28(17-19)24(29)22-6-2-5-21(15-22)20-9-7-18(16-25)8-10-20/h2,5-11,13,15,19H,3-4,12,14,16-17,25H2,1H3. The maximum absolute atomic E-state index is 13.2. The van der Waals surface area contributed by atoms with Crippen LogP contribution in [0.15, 0.2) is 60.9 Å². The lowest BCUT2D eigenvalue weighted by Crippen LogP contribution is -2.40. The minimum atomic E-state index is 0.120. The van der Waals surface area contributed by atoms with Crippen molar-refractivity contribution >= 4 is 5.91 Å². The van der Waals surface area contributed by atoms with E-state index in [1.54, 1.807) is 0 Å². The Labute approximate surface area is 172 Å². The van der Waals surface area contributed by atoms with Crippen LogP contribution in [0.1, 0.15) is 34.6 Å². The van der Waals surface area contributed by atoms with Gasteiger partial charge in [0.25, 0.3) is 5.91 Å². The number of piperidine rings is 1. The number of benzene rings is 2. The molecule has 0 aliphatic carbocycles. The summed E-state index contributed by atoms with van der Waals surface area (Å²) < 4.78 is 2.07. The van der Waals surface area contributed by atoms with E-state index in [9.17, 15) is 4.79 Å². The summed E-state index contributed by atoms with van der Waals surface area (Å²) in [5.74, 6) is 1.67. The molecule has 1 aliphatic heterocycles. The zero-order valence-corrected chi connectivity index (χ0v) is 16.9. The first-order valence-corrected chi connectivity index (χ1v) is 10.3. The van der Waals surface area contributed by atoms with Gasteiger partial charge < -0.3 is 15.2 Å². The fourth-order valence-electron chi connectivity index (χ4n) is 4.12. The largest absolute Gasteiger partial charge is 0.338 e. The molecular formula is C24H28N4O. The van der Waals surface area contributed by atoms with Gasteiger partial charge in [0.05, 0.1) is 0 Å². The molecule has 1 atom stereocenters. The summed E-state index contributed by atoms with van der Waals surface area (Å²) in [6, 6.07) is 16.1. The molecule has 1 unspecified atom stereocenters. The number of rotatable bonds is 5. The van der Waals surface area contributed by atoms with Crippen molar-refractivity contribution in [2.45, 2.75) is 25.8 Å². The van der Waals surface area contributed by atoms with Crippen LogP contribution < -0.4 is 5.73 Å². The summed E-state index contributed by atoms with van der Waals surface area (Å²) in [5, 5.41) is 0. The van der Waals surface area contributed by atoms with Crippen LogP contribution in [0.5, 0.6) is 0 Å². The number of amides is 1. The number of hydrogen-bond acceptors (Lipinski definition) is 3. The van der Waals surface area contributed by atoms with Crippen LogP contribution in [0.25, 0.3) is 11.1 Å². The van der Waals surface area contributed by atoms with E-state index in [0.29, 0.717) is 12.5 Å². The minimum absolute atomic E-state index is 0.120. The Morgan fingerprint density at radius 2 is 2.00 bits per heavy atom. The summed E-state index contributed by atoms with van der Waals surface area (Å²) in [4.78, 5) is 19.6. The van der Waals surface area contributed by atoms with E-state index >= 15 is 0 Å². The highest BCUT2D eigenvalue weighted by Gasteiger charge is 2.25. The van der Waals surface area contributed by atoms with Crippen LogP contribution in [-0.4, -0.2) is 33.4 Å². The smallest absolute Gasteiger partial charge is 0.253 e. The van der Waals surface area contributed by atoms with Gasteiger partial charge in [-0.3, -0.25) is 4.79 Å². The first-order valence-electron chi connectivity index (χ1n) is 10.3. The molecule has 29 heavy (non-hydrogen) atoms. The van der Waals surface area contributed by atoms with E-state index < -0.39 is 0 Å². The van der Waals surface area contributed by atoms with Crippen LogP contribution in [0.2, 0.25) is 0 Å². The van der Waals surface area contributed by atoms with Crippen molar-refractivity contribution in [3.8, 4) is 11.1 Å². The SMILES string of the molecule is Cn1ccnc1CC1CCCN(C(=O)c2cccc(-c3ccc(CN)cc3)c2)C1. The molecular weight excluding hydrogens is 360 g/mol. The second kappa shape index (κ2) is 8.62. The maximum Gasteiger partial charge on any atom is 0.253 e. The average Bonchev–Trinajstić information content (AvgIpc) is 3.18. The number of nitrogens with zero attached hydrogens (tertiary/aromatic N) is 3. The number of imidazole rings is 1. The van der Waals surface area contributed by atoms with E-state index in [4.69, 9.17) is 5.73 Å². The molecule has 1 aromatic heterocycles. The van der Waals surface area contributed by atoms with E-state index in [-0.39, 0.29) is 5.91 Å². The Morgan fingerprint density at radius 3 is 2.72 bits per heavy atom. The molecule has 0 radical (unpaired) electrons. The van der Waals surface area contributed by atoms with Crippen LogP contribution in [0, 0.1) is 5.92 Å². The van der Waals surface area contributed by atoms with E-state index in [1.807, 2.05) is 60.7 Å². The van der Waals surface area contributed by atoms with Crippen LogP contribution in [-0.2, 0) is 20.0 Å². The third-order valence-electron chi connectivity index (χ3n) is 5.83. The predicted octanol–water partition coefficient (Wildman–Crippen LogP) is 3.64. The van der Waals surface area contributed by atoms with Gasteiger partial charge in [-0.15, -0.1) is 0 Å². The Bertz CT molecular complexity index is 977. The summed E-state index contributed by atoms with van der Waals surface area (Å²) in [7, 11) is 2.03. The van der Waals surface area contributed by atoms with Crippen molar-refractivity contribution in [2.24, 2.45) is 18.7 Å². The second-order valence-electron chi connectivity index (χ2n) is 7.90. The average molecular weight is 389 g/mol. The summed E-state index contributed by atoms with van der Waals surface area (Å²) in [6.45, 7) is 2.15. The van der Waals surface area contributed by atoms with Crippen molar-refractivity contribution < 1.29 is 4.79 Å². The Kier molecular flexibility index (Phi) is 5.76. The molecule has 0 spiro atoms. The van der Waals surface area contributed by atoms with Gasteiger partial charge in [-0.05, 0) is 47.6 Å². The topological polar surface area (TPSA) is 64.2 Å². The van der Waals surface area contributed by atoms with Gasteiger partial charge in [0.15, 0.2) is 0 Å². The Morgan fingerprint density at radius 1 is 1.17 bits per heavy atom. The first-order chi connectivity index (χ1) is 14.1. The van der Waals surface area contributed by atoms with E-state index in [2.05, 4.69) is 21.7 Å². The predicted molar refractivity (Wildman–Crippen MR) is 115 cm³/mol. The Balaban J connectivity index is 1.47. The molecule has 2 heterocycles. The van der Waals surface area contributed by atoms with Crippen molar-refractivity contribution in [1.82, 2.24) is 14.5 Å². The Hall–Kier alpha value is -2.92. The summed E-state index contributed by atoms with van der Waals surface area (Å²) >= 11 is 0. The molecule has 1 amide bonds. The van der Waals surface area contributed by atoms with Crippen LogP contribution in [0.4, 0.5) is 0 Å². The van der Waals surface area contributed by atoms with Gasteiger partial charge in [0.2, 0.25) is 0 Å². The second-order valence-corrected chi connectivity index (χ2v) is 7.90. The van der Waals surface area contributed by atoms with Crippen molar-refractivity contribution in [1.29, 1.82) is 0 Å². The minimum Gasteiger partial charge on any atom is -0.338 e. The molecule has 3 aromatic rings. The van der Waals surface area contributed by atoms with Crippen LogP contribution >= 0.6 is 0 Å². The summed E-state index contributed by atoms with van der Waals surface area (Å²) in [6.07, 6.45) is 6.92. The third-order valence-corrected chi connectivity index (χ3v) is 5.83. The van der Waals surface area contributed by atoms with Gasteiger partial charge in [-0.1, -0.05) is 36.4 Å². The lowest BCUT2D eigenvalue weighted by molar-refractivity contribution is 0.0672. The van der Waals surface area contributed by atoms with Gasteiger partial charge in [0, 0.05) is 51.1 Å². The monoisotopic (exact) mass is 388 g/mol. The molecule has 4 rings (SSSR count). The zero-order chi connectivity index (χ0) is 20.2. The molecule has 5 nitrogen and oxygen atoms in total. The van der Waals surface area contributed by atoms with E-state index in [1.165, 1.54) is 0 Å². The van der Waals surface area contributed by atoms with Gasteiger partial charge in [-0.25, -0.2) is 4.98 Å². The number of carbonyl (C=O) groups is 1. The number of carbonyl (C=O) groups excluding carboxylic acids is 1. The van der Waals surface area contributed by atoms with Crippen molar-refractivity contribution in [3.05, 3.63) is 77.9 Å². The van der Waals surface area contributed by atoms with Gasteiger partial charge in [0.1, 0.15) is 5.82 Å². The molecule has 1 aliphatic rings. The molecule has 0 saturated carbocycles. The quantitative estimate of drug-likeness (QED) is 0.726. The normalized spacial score (nSPS) is 16.8. The maximum atomic E-state index is 13.2. The highest BCUT2D eigenvalue weighted by atomic mass is 16.2. The number of aromatic nitrogens is 2.